The number of hydrogen-bond donors (Lipinski definition) is 2. The predicted octanol–water partition coefficient (Wildman–Crippen LogP) is 6.42. The molecule has 1 aliphatic rings. The fourth-order valence-electron chi connectivity index (χ4n) is 5.54. The van der Waals surface area contributed by atoms with Crippen molar-refractivity contribution in [3.63, 3.8) is 0 Å². The van der Waals surface area contributed by atoms with Crippen LogP contribution in [0.2, 0.25) is 0 Å². The highest BCUT2D eigenvalue weighted by Crippen LogP contribution is 2.41. The molecule has 0 bridgehead atoms. The van der Waals surface area contributed by atoms with Crippen LogP contribution in [0.5, 0.6) is 0 Å². The molecule has 6 nitrogen and oxygen atoms in total. The zero-order chi connectivity index (χ0) is 27.7. The van der Waals surface area contributed by atoms with Crippen LogP contribution >= 0.6 is 12.2 Å². The van der Waals surface area contributed by atoms with Gasteiger partial charge in [-0.15, -0.1) is 0 Å². The molecule has 0 unspecified atom stereocenters. The molecular weight excluding hydrogens is 502 g/mol. The highest BCUT2D eigenvalue weighted by Gasteiger charge is 2.41. The molecule has 39 heavy (non-hydrogen) atoms. The van der Waals surface area contributed by atoms with Crippen LogP contribution in [-0.2, 0) is 4.79 Å². The van der Waals surface area contributed by atoms with Gasteiger partial charge in [-0.05, 0) is 105 Å². The van der Waals surface area contributed by atoms with Gasteiger partial charge in [-0.25, -0.2) is 0 Å². The lowest BCUT2D eigenvalue weighted by atomic mass is 9.96. The van der Waals surface area contributed by atoms with Crippen molar-refractivity contribution in [2.45, 2.75) is 53.1 Å². The standard InChI is InChI=1S/C32H35N5OS/c1-20-9-8-10-25(17-20)37-23(4)19-26(24(37)5)31-30(27-11-6-7-15-33-27)35-32(39)36(31)16-14-29(38)34-28-18-21(2)12-13-22(28)3/h6-13,15,17-19,30-31H,14,16H2,1-5H3,(H,34,38)(H,35,39)/t30-,31-/m1/s1. The molecule has 200 valence electrons. The molecule has 2 N–H and O–H groups in total. The van der Waals surface area contributed by atoms with E-state index in [0.29, 0.717) is 18.1 Å². The average Bonchev–Trinajstić information content (AvgIpc) is 3.39. The molecule has 1 amide bonds. The highest BCUT2D eigenvalue weighted by atomic mass is 32.1. The highest BCUT2D eigenvalue weighted by molar-refractivity contribution is 7.80. The molecule has 0 aliphatic carbocycles. The number of carbonyl (C=O) groups is 1. The van der Waals surface area contributed by atoms with Gasteiger partial charge in [0.25, 0.3) is 0 Å². The summed E-state index contributed by atoms with van der Waals surface area (Å²) < 4.78 is 2.30. The van der Waals surface area contributed by atoms with Gasteiger partial charge < -0.3 is 20.1 Å². The van der Waals surface area contributed by atoms with Crippen LogP contribution in [0, 0.1) is 34.6 Å². The number of nitrogens with one attached hydrogen (secondary N) is 2. The Balaban J connectivity index is 1.47. The number of rotatable bonds is 7. The van der Waals surface area contributed by atoms with E-state index in [9.17, 15) is 4.79 Å². The van der Waals surface area contributed by atoms with Crippen molar-refractivity contribution >= 4 is 28.9 Å². The number of thiocarbonyl (C=S) groups is 1. The Kier molecular flexibility index (Phi) is 7.53. The first-order chi connectivity index (χ1) is 18.7. The van der Waals surface area contributed by atoms with Crippen LogP contribution in [0.25, 0.3) is 5.69 Å². The minimum Gasteiger partial charge on any atom is -0.352 e. The third kappa shape index (κ3) is 5.45. The second kappa shape index (κ2) is 11.0. The number of aryl methyl sites for hydroxylation is 4. The summed E-state index contributed by atoms with van der Waals surface area (Å²) in [5.74, 6) is -0.0308. The number of aromatic nitrogens is 2. The Hall–Kier alpha value is -3.97. The summed E-state index contributed by atoms with van der Waals surface area (Å²) in [4.78, 5) is 19.9. The molecule has 0 saturated carbocycles. The van der Waals surface area contributed by atoms with Gasteiger partial charge in [0.1, 0.15) is 0 Å². The number of nitrogens with zero attached hydrogens (tertiary/aromatic N) is 3. The predicted molar refractivity (Wildman–Crippen MR) is 161 cm³/mol. The maximum Gasteiger partial charge on any atom is 0.226 e. The first kappa shape index (κ1) is 26.6. The summed E-state index contributed by atoms with van der Waals surface area (Å²) >= 11 is 5.86. The molecule has 2 aromatic carbocycles. The van der Waals surface area contributed by atoms with Gasteiger partial charge >= 0.3 is 0 Å². The van der Waals surface area contributed by atoms with Gasteiger partial charge in [0.05, 0.1) is 17.8 Å². The van der Waals surface area contributed by atoms with E-state index in [1.807, 2.05) is 50.4 Å². The lowest BCUT2D eigenvalue weighted by Crippen LogP contribution is -2.33. The van der Waals surface area contributed by atoms with Crippen molar-refractivity contribution in [3.8, 4) is 5.69 Å². The lowest BCUT2D eigenvalue weighted by molar-refractivity contribution is -0.116. The second-order valence-corrected chi connectivity index (χ2v) is 10.8. The van der Waals surface area contributed by atoms with Gasteiger partial charge in [-0.1, -0.05) is 30.3 Å². The molecule has 1 saturated heterocycles. The number of hydrogen-bond acceptors (Lipinski definition) is 3. The van der Waals surface area contributed by atoms with E-state index in [-0.39, 0.29) is 18.0 Å². The molecule has 1 aliphatic heterocycles. The summed E-state index contributed by atoms with van der Waals surface area (Å²) in [6.45, 7) is 10.9. The molecule has 2 atom stereocenters. The van der Waals surface area contributed by atoms with E-state index in [0.717, 1.165) is 39.6 Å². The van der Waals surface area contributed by atoms with E-state index in [2.05, 4.69) is 82.3 Å². The van der Waals surface area contributed by atoms with E-state index in [4.69, 9.17) is 12.2 Å². The van der Waals surface area contributed by atoms with Crippen LogP contribution in [0.15, 0.2) is 72.9 Å². The third-order valence-corrected chi connectivity index (χ3v) is 7.85. The number of pyridine rings is 1. The SMILES string of the molecule is Cc1cccc(-n2c(C)cc([C@@H]3[C@@H](c4ccccn4)NC(=S)N3CCC(=O)Nc3cc(C)ccc3C)c2C)c1. The minimum absolute atomic E-state index is 0.0308. The molecule has 7 heteroatoms. The Morgan fingerprint density at radius 2 is 1.77 bits per heavy atom. The maximum atomic E-state index is 13.1. The van der Waals surface area contributed by atoms with E-state index in [1.165, 1.54) is 11.1 Å². The molecule has 4 aromatic rings. The van der Waals surface area contributed by atoms with Gasteiger partial charge in [0.15, 0.2) is 5.11 Å². The molecule has 5 rings (SSSR count). The zero-order valence-corrected chi connectivity index (χ0v) is 24.0. The van der Waals surface area contributed by atoms with Crippen molar-refractivity contribution < 1.29 is 4.79 Å². The van der Waals surface area contributed by atoms with Crippen molar-refractivity contribution in [2.75, 3.05) is 11.9 Å². The van der Waals surface area contributed by atoms with Crippen LogP contribution < -0.4 is 10.6 Å². The topological polar surface area (TPSA) is 62.2 Å². The Morgan fingerprint density at radius 3 is 2.51 bits per heavy atom. The average molecular weight is 538 g/mol. The minimum atomic E-state index is -0.132. The number of benzene rings is 2. The molecule has 3 heterocycles. The molecular formula is C32H35N5OS. The fourth-order valence-corrected chi connectivity index (χ4v) is 5.87. The van der Waals surface area contributed by atoms with Crippen molar-refractivity contribution in [1.82, 2.24) is 19.8 Å². The van der Waals surface area contributed by atoms with Crippen molar-refractivity contribution in [3.05, 3.63) is 112 Å². The lowest BCUT2D eigenvalue weighted by Gasteiger charge is -2.28. The van der Waals surface area contributed by atoms with Gasteiger partial charge in [0, 0.05) is 41.9 Å². The second-order valence-electron chi connectivity index (χ2n) is 10.4. The fraction of sp³-hybridized carbons (Fsp3) is 0.281. The maximum absolute atomic E-state index is 13.1. The summed E-state index contributed by atoms with van der Waals surface area (Å²) in [5, 5.41) is 7.25. The first-order valence-corrected chi connectivity index (χ1v) is 13.7. The van der Waals surface area contributed by atoms with Gasteiger partial charge in [-0.2, -0.15) is 0 Å². The molecule has 1 fully saturated rings. The van der Waals surface area contributed by atoms with Crippen LogP contribution in [0.4, 0.5) is 5.69 Å². The van der Waals surface area contributed by atoms with Gasteiger partial charge in [0.2, 0.25) is 5.91 Å². The quantitative estimate of drug-likeness (QED) is 0.267. The smallest absolute Gasteiger partial charge is 0.226 e. The monoisotopic (exact) mass is 537 g/mol. The normalized spacial score (nSPS) is 16.8. The third-order valence-electron chi connectivity index (χ3n) is 7.49. The molecule has 2 aromatic heterocycles. The molecule has 0 spiro atoms. The Labute approximate surface area is 236 Å². The summed E-state index contributed by atoms with van der Waals surface area (Å²) in [6, 6.07) is 22.6. The molecule has 0 radical (unpaired) electrons. The Morgan fingerprint density at radius 1 is 0.974 bits per heavy atom. The van der Waals surface area contributed by atoms with Crippen molar-refractivity contribution in [1.29, 1.82) is 0 Å². The Bertz CT molecular complexity index is 1530. The number of anilines is 1. The van der Waals surface area contributed by atoms with Crippen LogP contribution in [0.3, 0.4) is 0 Å². The number of carbonyl (C=O) groups excluding carboxylic acids is 1. The van der Waals surface area contributed by atoms with Crippen LogP contribution in [0.1, 0.15) is 57.8 Å². The summed E-state index contributed by atoms with van der Waals surface area (Å²) in [6.07, 6.45) is 2.13. The van der Waals surface area contributed by atoms with Crippen molar-refractivity contribution in [2.24, 2.45) is 0 Å². The zero-order valence-electron chi connectivity index (χ0n) is 23.2. The summed E-state index contributed by atoms with van der Waals surface area (Å²) in [7, 11) is 0. The number of amides is 1. The van der Waals surface area contributed by atoms with E-state index < -0.39 is 0 Å². The largest absolute Gasteiger partial charge is 0.352 e. The first-order valence-electron chi connectivity index (χ1n) is 13.3. The summed E-state index contributed by atoms with van der Waals surface area (Å²) in [5.41, 5.74) is 9.77. The van der Waals surface area contributed by atoms with E-state index in [1.54, 1.807) is 0 Å². The van der Waals surface area contributed by atoms with Gasteiger partial charge in [-0.3, -0.25) is 9.78 Å². The van der Waals surface area contributed by atoms with Crippen LogP contribution in [-0.4, -0.2) is 32.0 Å². The van der Waals surface area contributed by atoms with E-state index >= 15 is 0 Å².